The number of carboxylic acids is 1. The fourth-order valence-electron chi connectivity index (χ4n) is 3.40. The lowest BCUT2D eigenvalue weighted by atomic mass is 10.0. The number of para-hydroxylation sites is 1. The molecule has 0 amide bonds. The van der Waals surface area contributed by atoms with E-state index in [0.29, 0.717) is 36.6 Å². The number of benzene rings is 1. The Morgan fingerprint density at radius 1 is 1.33 bits per heavy atom. The lowest BCUT2D eigenvalue weighted by Crippen LogP contribution is -2.51. The number of carbonyl (C=O) groups is 1. The fourth-order valence-corrected chi connectivity index (χ4v) is 3.40. The minimum atomic E-state index is -1.06. The van der Waals surface area contributed by atoms with E-state index in [4.69, 9.17) is 4.42 Å². The SMILES string of the molecule is CCc1nc(N2CCCC[C@@H]2C(=O)[O-])c2oc3ccccc3c2n1. The molecule has 0 unspecified atom stereocenters. The summed E-state index contributed by atoms with van der Waals surface area (Å²) in [6, 6.07) is 7.02. The van der Waals surface area contributed by atoms with E-state index in [9.17, 15) is 9.90 Å². The van der Waals surface area contributed by atoms with E-state index in [1.807, 2.05) is 36.1 Å². The van der Waals surface area contributed by atoms with Crippen LogP contribution in [0.1, 0.15) is 32.0 Å². The van der Waals surface area contributed by atoms with Crippen LogP contribution in [0.15, 0.2) is 28.7 Å². The van der Waals surface area contributed by atoms with Crippen molar-refractivity contribution >= 4 is 33.9 Å². The van der Waals surface area contributed by atoms with Crippen molar-refractivity contribution in [2.24, 2.45) is 0 Å². The zero-order valence-corrected chi connectivity index (χ0v) is 13.5. The summed E-state index contributed by atoms with van der Waals surface area (Å²) in [5.74, 6) is 0.198. The quantitative estimate of drug-likeness (QED) is 0.733. The highest BCUT2D eigenvalue weighted by Crippen LogP contribution is 2.35. The normalized spacial score (nSPS) is 18.4. The molecule has 24 heavy (non-hydrogen) atoms. The van der Waals surface area contributed by atoms with Crippen LogP contribution in [0.5, 0.6) is 0 Å². The van der Waals surface area contributed by atoms with Gasteiger partial charge >= 0.3 is 0 Å². The molecular formula is C18H18N3O3-. The molecule has 3 aromatic rings. The molecule has 0 N–H and O–H groups in total. The maximum absolute atomic E-state index is 11.6. The van der Waals surface area contributed by atoms with Crippen LogP contribution >= 0.6 is 0 Å². The molecule has 0 radical (unpaired) electrons. The first-order valence-corrected chi connectivity index (χ1v) is 8.34. The summed E-state index contributed by atoms with van der Waals surface area (Å²) >= 11 is 0. The van der Waals surface area contributed by atoms with Crippen molar-refractivity contribution in [3.05, 3.63) is 30.1 Å². The van der Waals surface area contributed by atoms with Crippen LogP contribution < -0.4 is 10.0 Å². The molecule has 1 aliphatic rings. The molecule has 4 rings (SSSR count). The highest BCUT2D eigenvalue weighted by Gasteiger charge is 2.28. The second-order valence-electron chi connectivity index (χ2n) is 6.12. The van der Waals surface area contributed by atoms with Gasteiger partial charge in [0.05, 0.1) is 12.0 Å². The summed E-state index contributed by atoms with van der Waals surface area (Å²) in [4.78, 5) is 22.6. The molecule has 0 saturated carbocycles. The van der Waals surface area contributed by atoms with Gasteiger partial charge in [-0.25, -0.2) is 9.97 Å². The van der Waals surface area contributed by atoms with Crippen LogP contribution in [0.4, 0.5) is 5.82 Å². The number of nitrogens with zero attached hydrogens (tertiary/aromatic N) is 3. The Bertz CT molecular complexity index is 918. The summed E-state index contributed by atoms with van der Waals surface area (Å²) in [6.07, 6.45) is 3.04. The second kappa shape index (κ2) is 5.78. The number of furan rings is 1. The number of aryl methyl sites for hydroxylation is 1. The number of piperidine rings is 1. The maximum Gasteiger partial charge on any atom is 0.196 e. The van der Waals surface area contributed by atoms with E-state index < -0.39 is 12.0 Å². The number of fused-ring (bicyclic) bond motifs is 3. The van der Waals surface area contributed by atoms with Gasteiger partial charge in [-0.1, -0.05) is 19.1 Å². The molecule has 2 aromatic heterocycles. The van der Waals surface area contributed by atoms with Crippen LogP contribution in [0.25, 0.3) is 22.1 Å². The molecule has 1 saturated heterocycles. The van der Waals surface area contributed by atoms with Gasteiger partial charge in [0.1, 0.15) is 16.9 Å². The number of carboxylic acid groups (broad SMARTS) is 1. The largest absolute Gasteiger partial charge is 0.548 e. The first-order valence-electron chi connectivity index (χ1n) is 8.34. The Hall–Kier alpha value is -2.63. The average Bonchev–Trinajstić information content (AvgIpc) is 2.99. The Balaban J connectivity index is 1.97. The molecule has 124 valence electrons. The Morgan fingerprint density at radius 3 is 2.96 bits per heavy atom. The summed E-state index contributed by atoms with van der Waals surface area (Å²) < 4.78 is 5.98. The molecule has 3 heterocycles. The molecular weight excluding hydrogens is 306 g/mol. The van der Waals surface area contributed by atoms with Crippen LogP contribution in [-0.4, -0.2) is 28.5 Å². The molecule has 1 aromatic carbocycles. The van der Waals surface area contributed by atoms with Gasteiger partial charge in [0.25, 0.3) is 0 Å². The molecule has 6 nitrogen and oxygen atoms in total. The molecule has 6 heteroatoms. The Labute approximate surface area is 139 Å². The van der Waals surface area contributed by atoms with Crippen molar-refractivity contribution in [2.75, 3.05) is 11.4 Å². The number of hydrogen-bond donors (Lipinski definition) is 0. The van der Waals surface area contributed by atoms with Crippen LogP contribution in [-0.2, 0) is 11.2 Å². The van der Waals surface area contributed by atoms with Crippen molar-refractivity contribution in [2.45, 2.75) is 38.6 Å². The second-order valence-corrected chi connectivity index (χ2v) is 6.12. The molecule has 1 atom stereocenters. The molecule has 0 aliphatic carbocycles. The van der Waals surface area contributed by atoms with E-state index in [2.05, 4.69) is 9.97 Å². The van der Waals surface area contributed by atoms with E-state index in [-0.39, 0.29) is 0 Å². The van der Waals surface area contributed by atoms with Crippen LogP contribution in [0, 0.1) is 0 Å². The van der Waals surface area contributed by atoms with Gasteiger partial charge in [-0.3, -0.25) is 0 Å². The summed E-state index contributed by atoms with van der Waals surface area (Å²) in [5.41, 5.74) is 2.04. The highest BCUT2D eigenvalue weighted by molar-refractivity contribution is 6.06. The molecule has 1 aliphatic heterocycles. The lowest BCUT2D eigenvalue weighted by Gasteiger charge is -2.37. The zero-order chi connectivity index (χ0) is 16.7. The van der Waals surface area contributed by atoms with Gasteiger partial charge in [0.15, 0.2) is 11.4 Å². The van der Waals surface area contributed by atoms with Gasteiger partial charge in [0.2, 0.25) is 0 Å². The predicted octanol–water partition coefficient (Wildman–Crippen LogP) is 2.05. The topological polar surface area (TPSA) is 82.3 Å². The van der Waals surface area contributed by atoms with Crippen molar-refractivity contribution in [3.8, 4) is 0 Å². The zero-order valence-electron chi connectivity index (χ0n) is 13.5. The van der Waals surface area contributed by atoms with E-state index >= 15 is 0 Å². The number of aromatic nitrogens is 2. The third-order valence-electron chi connectivity index (χ3n) is 4.61. The molecule has 0 spiro atoms. The standard InChI is InChI=1S/C18H19N3O3/c1-2-14-19-15-11-7-3-4-9-13(11)24-16(15)17(20-14)21-10-6-5-8-12(21)18(22)23/h3-4,7,9,12H,2,5-6,8,10H2,1H3,(H,22,23)/p-1/t12-/m1/s1. The number of rotatable bonds is 3. The van der Waals surface area contributed by atoms with Gasteiger partial charge in [-0.2, -0.15) is 0 Å². The van der Waals surface area contributed by atoms with Crippen LogP contribution in [0.3, 0.4) is 0 Å². The van der Waals surface area contributed by atoms with Crippen molar-refractivity contribution in [3.63, 3.8) is 0 Å². The van der Waals surface area contributed by atoms with E-state index in [0.717, 1.165) is 29.3 Å². The van der Waals surface area contributed by atoms with Gasteiger partial charge in [0, 0.05) is 18.4 Å². The smallest absolute Gasteiger partial charge is 0.196 e. The van der Waals surface area contributed by atoms with E-state index in [1.165, 1.54) is 0 Å². The van der Waals surface area contributed by atoms with Crippen LogP contribution in [0.2, 0.25) is 0 Å². The van der Waals surface area contributed by atoms with E-state index in [1.54, 1.807) is 0 Å². The number of hydrogen-bond acceptors (Lipinski definition) is 6. The third-order valence-corrected chi connectivity index (χ3v) is 4.61. The number of aliphatic carboxylic acids is 1. The summed E-state index contributed by atoms with van der Waals surface area (Å²) in [7, 11) is 0. The number of anilines is 1. The third kappa shape index (κ3) is 2.29. The monoisotopic (exact) mass is 324 g/mol. The van der Waals surface area contributed by atoms with Crippen molar-refractivity contribution in [1.82, 2.24) is 9.97 Å². The van der Waals surface area contributed by atoms with Crippen molar-refractivity contribution in [1.29, 1.82) is 0 Å². The lowest BCUT2D eigenvalue weighted by molar-refractivity contribution is -0.307. The summed E-state index contributed by atoms with van der Waals surface area (Å²) in [5, 5.41) is 12.5. The average molecular weight is 324 g/mol. The van der Waals surface area contributed by atoms with Crippen molar-refractivity contribution < 1.29 is 14.3 Å². The molecule has 1 fully saturated rings. The number of carbonyl (C=O) groups excluding carboxylic acids is 1. The Kier molecular flexibility index (Phi) is 3.59. The van der Waals surface area contributed by atoms with Gasteiger partial charge in [-0.05, 0) is 31.4 Å². The minimum Gasteiger partial charge on any atom is -0.548 e. The maximum atomic E-state index is 11.6. The first-order chi connectivity index (χ1) is 11.7. The first kappa shape index (κ1) is 14.9. The van der Waals surface area contributed by atoms with Gasteiger partial charge < -0.3 is 19.2 Å². The molecule has 0 bridgehead atoms. The Morgan fingerprint density at radius 2 is 2.17 bits per heavy atom. The highest BCUT2D eigenvalue weighted by atomic mass is 16.4. The summed E-state index contributed by atoms with van der Waals surface area (Å²) in [6.45, 7) is 2.62. The minimum absolute atomic E-state index is 0.557. The predicted molar refractivity (Wildman–Crippen MR) is 88.7 cm³/mol. The fraction of sp³-hybridized carbons (Fsp3) is 0.389. The van der Waals surface area contributed by atoms with Gasteiger partial charge in [-0.15, -0.1) is 0 Å².